The fourth-order valence-corrected chi connectivity index (χ4v) is 2.02. The van der Waals surface area contributed by atoms with Gasteiger partial charge in [-0.1, -0.05) is 11.6 Å². The third-order valence-corrected chi connectivity index (χ3v) is 3.29. The van der Waals surface area contributed by atoms with E-state index >= 15 is 0 Å². The van der Waals surface area contributed by atoms with Gasteiger partial charge in [-0.2, -0.15) is 0 Å². The van der Waals surface area contributed by atoms with Crippen molar-refractivity contribution in [2.24, 2.45) is 0 Å². The normalized spacial score (nSPS) is 10.4. The van der Waals surface area contributed by atoms with E-state index in [0.717, 1.165) is 5.56 Å². The van der Waals surface area contributed by atoms with Crippen molar-refractivity contribution >= 4 is 17.3 Å². The number of aromatic nitrogens is 3. The van der Waals surface area contributed by atoms with Crippen molar-refractivity contribution in [3.8, 4) is 22.6 Å². The predicted octanol–water partition coefficient (Wildman–Crippen LogP) is 3.77. The molecule has 1 aromatic heterocycles. The number of non-ortho nitro benzene ring substituents is 1. The number of halogens is 1. The molecule has 0 bridgehead atoms. The minimum Gasteiger partial charge on any atom is -0.258 e. The Bertz CT molecular complexity index is 802. The van der Waals surface area contributed by atoms with Crippen molar-refractivity contribution in [1.29, 1.82) is 0 Å². The third kappa shape index (κ3) is 2.91. The lowest BCUT2D eigenvalue weighted by atomic mass is 10.1. The lowest BCUT2D eigenvalue weighted by Gasteiger charge is -2.02. The summed E-state index contributed by atoms with van der Waals surface area (Å²) >= 11 is 5.84. The summed E-state index contributed by atoms with van der Waals surface area (Å²) in [5.74, 6) is 0.488. The monoisotopic (exact) mass is 312 g/mol. The van der Waals surface area contributed by atoms with Crippen LogP contribution in [0.3, 0.4) is 0 Å². The Morgan fingerprint density at radius 2 is 1.55 bits per heavy atom. The molecule has 0 amide bonds. The summed E-state index contributed by atoms with van der Waals surface area (Å²) < 4.78 is 0. The van der Waals surface area contributed by atoms with E-state index in [1.54, 1.807) is 30.5 Å². The molecule has 2 aromatic carbocycles. The molecule has 7 heteroatoms. The first-order valence-corrected chi connectivity index (χ1v) is 6.72. The molecule has 0 aliphatic rings. The number of nitro groups is 1. The number of benzene rings is 2. The molecule has 1 heterocycles. The van der Waals surface area contributed by atoms with Gasteiger partial charge in [0, 0.05) is 28.3 Å². The van der Waals surface area contributed by atoms with E-state index in [2.05, 4.69) is 15.2 Å². The lowest BCUT2D eigenvalue weighted by molar-refractivity contribution is -0.384. The van der Waals surface area contributed by atoms with E-state index in [4.69, 9.17) is 11.6 Å². The molecule has 0 radical (unpaired) electrons. The van der Waals surface area contributed by atoms with Gasteiger partial charge in [-0.05, 0) is 36.4 Å². The smallest absolute Gasteiger partial charge is 0.258 e. The van der Waals surface area contributed by atoms with Crippen molar-refractivity contribution in [3.05, 3.63) is 69.9 Å². The Hall–Kier alpha value is -2.86. The second-order valence-electron chi connectivity index (χ2n) is 4.48. The van der Waals surface area contributed by atoms with Gasteiger partial charge in [0.05, 0.1) is 11.1 Å². The molecule has 0 unspecified atom stereocenters. The summed E-state index contributed by atoms with van der Waals surface area (Å²) in [7, 11) is 0. The molecule has 0 aliphatic heterocycles. The van der Waals surface area contributed by atoms with E-state index in [-0.39, 0.29) is 5.69 Å². The van der Waals surface area contributed by atoms with Crippen molar-refractivity contribution in [2.75, 3.05) is 0 Å². The second-order valence-corrected chi connectivity index (χ2v) is 4.91. The number of nitrogens with zero attached hydrogens (tertiary/aromatic N) is 4. The summed E-state index contributed by atoms with van der Waals surface area (Å²) in [5.41, 5.74) is 2.11. The average Bonchev–Trinajstić information content (AvgIpc) is 2.56. The highest BCUT2D eigenvalue weighted by Crippen LogP contribution is 2.21. The standard InChI is InChI=1S/C15H9ClN4O2/c16-12-5-1-11(2-6-12)15-17-9-14(18-19-15)10-3-7-13(8-4-10)20(21)22/h1-9H. The van der Waals surface area contributed by atoms with Crippen LogP contribution in [0, 0.1) is 10.1 Å². The largest absolute Gasteiger partial charge is 0.269 e. The molecule has 0 atom stereocenters. The van der Waals surface area contributed by atoms with E-state index in [1.807, 2.05) is 12.1 Å². The molecule has 3 rings (SSSR count). The fraction of sp³-hybridized carbons (Fsp3) is 0. The molecular weight excluding hydrogens is 304 g/mol. The van der Waals surface area contributed by atoms with Crippen molar-refractivity contribution in [1.82, 2.24) is 15.2 Å². The van der Waals surface area contributed by atoms with Gasteiger partial charge in [-0.25, -0.2) is 4.98 Å². The van der Waals surface area contributed by atoms with Crippen LogP contribution >= 0.6 is 11.6 Å². The minimum absolute atomic E-state index is 0.0300. The fourth-order valence-electron chi connectivity index (χ4n) is 1.89. The Labute approximate surface area is 130 Å². The first-order chi connectivity index (χ1) is 10.6. The number of nitro benzene ring substituents is 1. The van der Waals surface area contributed by atoms with Gasteiger partial charge >= 0.3 is 0 Å². The van der Waals surface area contributed by atoms with Gasteiger partial charge < -0.3 is 0 Å². The maximum Gasteiger partial charge on any atom is 0.269 e. The molecule has 6 nitrogen and oxygen atoms in total. The maximum atomic E-state index is 10.6. The molecule has 0 aliphatic carbocycles. The van der Waals surface area contributed by atoms with Gasteiger partial charge in [-0.3, -0.25) is 10.1 Å². The van der Waals surface area contributed by atoms with E-state index in [0.29, 0.717) is 22.1 Å². The average molecular weight is 313 g/mol. The zero-order chi connectivity index (χ0) is 15.5. The van der Waals surface area contributed by atoms with Crippen LogP contribution in [0.5, 0.6) is 0 Å². The summed E-state index contributed by atoms with van der Waals surface area (Å²) in [6.07, 6.45) is 1.58. The van der Waals surface area contributed by atoms with Crippen LogP contribution in [0.1, 0.15) is 0 Å². The third-order valence-electron chi connectivity index (χ3n) is 3.04. The van der Waals surface area contributed by atoms with Crippen LogP contribution in [0.15, 0.2) is 54.7 Å². The number of hydrogen-bond acceptors (Lipinski definition) is 5. The second kappa shape index (κ2) is 5.87. The van der Waals surface area contributed by atoms with Crippen LogP contribution in [0.2, 0.25) is 5.02 Å². The molecule has 3 aromatic rings. The van der Waals surface area contributed by atoms with E-state index < -0.39 is 4.92 Å². The highest BCUT2D eigenvalue weighted by Gasteiger charge is 2.08. The summed E-state index contributed by atoms with van der Waals surface area (Å²) in [5, 5.41) is 19.4. The highest BCUT2D eigenvalue weighted by atomic mass is 35.5. The first-order valence-electron chi connectivity index (χ1n) is 6.34. The van der Waals surface area contributed by atoms with Crippen LogP contribution in [0.4, 0.5) is 5.69 Å². The molecule has 108 valence electrons. The van der Waals surface area contributed by atoms with Gasteiger partial charge in [0.25, 0.3) is 5.69 Å². The summed E-state index contributed by atoms with van der Waals surface area (Å²) in [6, 6.07) is 13.2. The van der Waals surface area contributed by atoms with Gasteiger partial charge in [0.1, 0.15) is 5.69 Å². The van der Waals surface area contributed by atoms with Gasteiger partial charge in [0.2, 0.25) is 0 Å². The van der Waals surface area contributed by atoms with Crippen molar-refractivity contribution < 1.29 is 4.92 Å². The quantitative estimate of drug-likeness (QED) is 0.543. The van der Waals surface area contributed by atoms with Gasteiger partial charge in [-0.15, -0.1) is 10.2 Å². The summed E-state index contributed by atoms with van der Waals surface area (Å²) in [6.45, 7) is 0. The summed E-state index contributed by atoms with van der Waals surface area (Å²) in [4.78, 5) is 14.4. The Morgan fingerprint density at radius 3 is 2.09 bits per heavy atom. The maximum absolute atomic E-state index is 10.6. The SMILES string of the molecule is O=[N+]([O-])c1ccc(-c2cnc(-c3ccc(Cl)cc3)nn2)cc1. The van der Waals surface area contributed by atoms with Crippen LogP contribution in [0.25, 0.3) is 22.6 Å². The van der Waals surface area contributed by atoms with E-state index in [9.17, 15) is 10.1 Å². The molecule has 0 saturated carbocycles. The van der Waals surface area contributed by atoms with Gasteiger partial charge in [0.15, 0.2) is 5.82 Å². The Kier molecular flexibility index (Phi) is 3.76. The molecule has 0 N–H and O–H groups in total. The molecule has 0 fully saturated rings. The zero-order valence-corrected chi connectivity index (χ0v) is 11.9. The molecule has 0 saturated heterocycles. The molecule has 22 heavy (non-hydrogen) atoms. The molecular formula is C15H9ClN4O2. The number of rotatable bonds is 3. The van der Waals surface area contributed by atoms with Crippen molar-refractivity contribution in [2.45, 2.75) is 0 Å². The minimum atomic E-state index is -0.447. The topological polar surface area (TPSA) is 81.8 Å². The van der Waals surface area contributed by atoms with Crippen LogP contribution < -0.4 is 0 Å². The predicted molar refractivity (Wildman–Crippen MR) is 82.4 cm³/mol. The van der Waals surface area contributed by atoms with Crippen LogP contribution in [-0.4, -0.2) is 20.1 Å². The van der Waals surface area contributed by atoms with Crippen LogP contribution in [-0.2, 0) is 0 Å². The van der Waals surface area contributed by atoms with Crippen molar-refractivity contribution in [3.63, 3.8) is 0 Å². The highest BCUT2D eigenvalue weighted by molar-refractivity contribution is 6.30. The lowest BCUT2D eigenvalue weighted by Crippen LogP contribution is -1.95. The molecule has 0 spiro atoms. The zero-order valence-electron chi connectivity index (χ0n) is 11.2. The number of hydrogen-bond donors (Lipinski definition) is 0. The van der Waals surface area contributed by atoms with E-state index in [1.165, 1.54) is 12.1 Å². The Balaban J connectivity index is 1.87. The Morgan fingerprint density at radius 1 is 0.909 bits per heavy atom. The first kappa shape index (κ1) is 14.1.